The number of unbranched alkanes of at least 4 members (excludes halogenated alkanes) is 2. The maximum Gasteiger partial charge on any atom is 0.305 e. The molecule has 43 nitrogen and oxygen atoms in total. The van der Waals surface area contributed by atoms with Crippen LogP contribution in [0.1, 0.15) is 167 Å². The average Bonchev–Trinajstić information content (AvgIpc) is 1.69. The minimum absolute atomic E-state index is 0.00480. The van der Waals surface area contributed by atoms with E-state index in [1.54, 1.807) is 92.8 Å². The van der Waals surface area contributed by atoms with Gasteiger partial charge in [0.15, 0.2) is 0 Å². The van der Waals surface area contributed by atoms with Crippen molar-refractivity contribution < 1.29 is 110 Å². The summed E-state index contributed by atoms with van der Waals surface area (Å²) in [5.41, 5.74) is 20.7. The summed E-state index contributed by atoms with van der Waals surface area (Å²) in [6, 6.07) is -2.81. The van der Waals surface area contributed by atoms with Crippen LogP contribution in [-0.4, -0.2) is 319 Å². The number of carboxylic acid groups (broad SMARTS) is 2. The van der Waals surface area contributed by atoms with Gasteiger partial charge in [-0.15, -0.1) is 11.8 Å². The summed E-state index contributed by atoms with van der Waals surface area (Å²) in [5.74, 6) is -19.4. The number of piperidine rings is 1. The zero-order chi connectivity index (χ0) is 102. The highest BCUT2D eigenvalue weighted by molar-refractivity contribution is 8.01. The molecule has 0 saturated carbocycles. The smallest absolute Gasteiger partial charge is 0.305 e. The van der Waals surface area contributed by atoms with E-state index in [-0.39, 0.29) is 83.3 Å². The number of H-pyrrole nitrogens is 1. The second kappa shape index (κ2) is 50.5. The van der Waals surface area contributed by atoms with Gasteiger partial charge in [-0.1, -0.05) is 114 Å². The molecule has 16 amide bonds. The number of aromatic amines is 1. The van der Waals surface area contributed by atoms with Crippen LogP contribution in [0.3, 0.4) is 0 Å². The molecular weight excluding hydrogens is 1860 g/mol. The number of nitrogens with one attached hydrogen (secondary N) is 11. The zero-order valence-electron chi connectivity index (χ0n) is 79.5. The molecule has 0 radical (unpaired) electrons. The number of nitrogens with two attached hydrogens (primary N) is 3. The molecule has 0 bridgehead atoms. The Morgan fingerprint density at radius 3 is 1.72 bits per heavy atom. The lowest BCUT2D eigenvalue weighted by atomic mass is 9.97. The van der Waals surface area contributed by atoms with Crippen LogP contribution >= 0.6 is 23.4 Å². The van der Waals surface area contributed by atoms with Crippen molar-refractivity contribution in [3.05, 3.63) is 107 Å². The third kappa shape index (κ3) is 30.1. The Hall–Kier alpha value is -12.3. The molecule has 9 rings (SSSR count). The topological polar surface area (TPSA) is 637 Å². The number of carboxylic acids is 2. The van der Waals surface area contributed by atoms with Crippen molar-refractivity contribution in [3.63, 3.8) is 0 Å². The highest BCUT2D eigenvalue weighted by Gasteiger charge is 2.48. The number of carbonyl (C=O) groups is 18. The van der Waals surface area contributed by atoms with Crippen molar-refractivity contribution in [3.8, 4) is 0 Å². The van der Waals surface area contributed by atoms with Crippen LogP contribution < -0.4 is 69.8 Å². The zero-order valence-corrected chi connectivity index (χ0v) is 81.9. The number of hydrogen-bond donors (Lipinski definition) is 17. The van der Waals surface area contributed by atoms with Crippen LogP contribution in [-0.2, 0) is 122 Å². The average molecular weight is 2000 g/mol. The van der Waals surface area contributed by atoms with Gasteiger partial charge in [-0.3, -0.25) is 91.0 Å². The van der Waals surface area contributed by atoms with Gasteiger partial charge >= 0.3 is 11.9 Å². The van der Waals surface area contributed by atoms with E-state index in [1.807, 2.05) is 18.6 Å². The summed E-state index contributed by atoms with van der Waals surface area (Å²) in [6.07, 6.45) is 0.0869. The Bertz CT molecular complexity index is 5450. The molecule has 0 spiro atoms. The molecule has 4 saturated heterocycles. The summed E-state index contributed by atoms with van der Waals surface area (Å²) < 4.78 is 26.6. The van der Waals surface area contributed by atoms with Crippen molar-refractivity contribution in [2.75, 3.05) is 58.8 Å². The highest BCUT2D eigenvalue weighted by Crippen LogP contribution is 2.32. The lowest BCUT2D eigenvalue weighted by molar-refractivity contribution is -0.149. The third-order valence-corrected chi connectivity index (χ3v) is 27.5. The van der Waals surface area contributed by atoms with Gasteiger partial charge < -0.3 is 114 Å². The predicted molar refractivity (Wildman–Crippen MR) is 513 cm³/mol. The number of nitrogens with zero attached hydrogens (tertiary/aromatic N) is 6. The van der Waals surface area contributed by atoms with Crippen LogP contribution in [0.2, 0.25) is 5.02 Å². The van der Waals surface area contributed by atoms with Gasteiger partial charge in [-0.25, -0.2) is 8.42 Å². The first-order valence-electron chi connectivity index (χ1n) is 46.8. The fourth-order valence-electron chi connectivity index (χ4n) is 18.0. The van der Waals surface area contributed by atoms with Gasteiger partial charge in [-0.2, -0.15) is 0 Å². The number of benzene rings is 3. The molecule has 0 aliphatic carbocycles. The quantitative estimate of drug-likeness (QED) is 0.0326. The number of rotatable bonds is 26. The van der Waals surface area contributed by atoms with E-state index >= 15 is 38.4 Å². The van der Waals surface area contributed by atoms with Crippen molar-refractivity contribution in [1.82, 2.24) is 86.6 Å². The number of sulfonamides is 1. The van der Waals surface area contributed by atoms with Gasteiger partial charge in [0.25, 0.3) is 5.91 Å². The molecule has 15 atom stereocenters. The first kappa shape index (κ1) is 110. The highest BCUT2D eigenvalue weighted by atomic mass is 35.5. The van der Waals surface area contributed by atoms with Gasteiger partial charge in [0.1, 0.15) is 91.1 Å². The Morgan fingerprint density at radius 1 is 0.561 bits per heavy atom. The Kier molecular flexibility index (Phi) is 40.1. The monoisotopic (exact) mass is 1990 g/mol. The maximum absolute atomic E-state index is 16.1. The molecular formula is C93H131ClN20O23S2. The van der Waals surface area contributed by atoms with Crippen molar-refractivity contribution in [1.29, 1.82) is 0 Å². The number of hydrogen-bond acceptors (Lipinski definition) is 24. The summed E-state index contributed by atoms with van der Waals surface area (Å²) in [4.78, 5) is 273. The Morgan fingerprint density at radius 2 is 1.09 bits per heavy atom. The van der Waals surface area contributed by atoms with E-state index < -0.39 is 269 Å². The number of thioether (sulfide) groups is 1. The summed E-state index contributed by atoms with van der Waals surface area (Å²) in [5, 5.41) is 57.0. The number of aromatic nitrogens is 2. The SMILES string of the molecule is CCCC[C@H]1C(=O)N(C)[C@@H](CCCC)C(=O)N[C@@H](CC(C)C)C(=O)N[C@H](C(N)=O)C(C)(C)SCC(=O)N[C@@H](Cc2ccc(Cl)cc2)C(=O)N2CCCC[C@H]2C(=O)N[C@@H](CC(=O)O)C(=O)N2CCC[C@H]2C(=O)N[C@@H](CN)C(=O)N[C@@H](CCC(=O)O)C(=O)N2C[C@H](O)C[C@H]2C(=O)N[C@@H](Cc2c[nH]c3ccccc23)C(=O)N[C@@H](CCN)C(=O)N[C@@H](Cc2cn(CC(=O)NS(C)(=O)=O)c3ccccc23)C(=O)N1C. The lowest BCUT2D eigenvalue weighted by Crippen LogP contribution is -2.62. The number of para-hydroxylation sites is 2. The second-order valence-electron chi connectivity index (χ2n) is 36.8. The normalized spacial score (nSPS) is 25.4. The molecule has 4 aliphatic rings. The summed E-state index contributed by atoms with van der Waals surface area (Å²) in [7, 11) is -1.41. The first-order chi connectivity index (χ1) is 65.8. The van der Waals surface area contributed by atoms with Gasteiger partial charge in [0.2, 0.25) is 98.6 Å². The molecule has 4 aliphatic heterocycles. The van der Waals surface area contributed by atoms with E-state index in [0.717, 1.165) is 37.6 Å². The first-order valence-corrected chi connectivity index (χ1v) is 50.0. The number of aliphatic hydroxyl groups excluding tert-OH is 1. The largest absolute Gasteiger partial charge is 0.481 e. The van der Waals surface area contributed by atoms with E-state index in [2.05, 4.69) is 52.8 Å². The van der Waals surface area contributed by atoms with Gasteiger partial charge in [-0.05, 0) is 131 Å². The molecule has 20 N–H and O–H groups in total. The molecule has 5 aromatic rings. The van der Waals surface area contributed by atoms with Crippen LogP contribution in [0.25, 0.3) is 21.8 Å². The molecule has 0 unspecified atom stereocenters. The number of aliphatic carboxylic acids is 2. The van der Waals surface area contributed by atoms with Crippen LogP contribution in [0.15, 0.2) is 85.2 Å². The number of aliphatic hydroxyl groups is 1. The number of amides is 16. The number of carbonyl (C=O) groups excluding carboxylic acids is 16. The fourth-order valence-corrected chi connectivity index (χ4v) is 19.6. The van der Waals surface area contributed by atoms with E-state index in [0.29, 0.717) is 82.0 Å². The molecule has 4 fully saturated rings. The third-order valence-electron chi connectivity index (χ3n) is 25.3. The van der Waals surface area contributed by atoms with Gasteiger partial charge in [0.05, 0.1) is 24.5 Å². The fraction of sp³-hybridized carbons (Fsp3) is 0.570. The molecule has 139 heavy (non-hydrogen) atoms. The Balaban J connectivity index is 1.12. The standard InChI is InChI=1S/C93H131ClN20O23S2/c1-10-12-24-69-84(127)102-62(39-51(3)4)82(125)107-78(79(97)122)93(5,6)138-50-75(117)99-64(40-52-29-31-55(94)32-30-52)90(133)112-37-19-18-27-70(112)85(128)105-66(44-77(120)121)91(134)113-38-20-28-71(113)86(129)106-67(45-96)83(126)101-61(33-34-76(118)119)89(132)114-48-56(115)43-73(114)87(130)103-63(41-53-46-98-59-23-16-14-21-57(53)59)81(124)100-60(35-36-95)80(123)104-65(88(131)110(8)72(25-13-11-2)92(135)109(69)7)42-54-47-111(49-74(116)108-139(9,136)137)68-26-17-15-22-58(54)68/h14-17,21-23,26,29-32,46-47,51,56,60-67,69-73,78,98,115H,10-13,18-20,24-25,27-28,33-45,48-50,95-96H2,1-9H3,(H2,97,122)(H,99,117)(H,100,124)(H,101,126)(H,102,127)(H,103,130)(H,104,123)(H,105,128)(H,106,129)(H,107,125)(H,108,116)(H,118,119)(H,120,121)/t56-,60+,61+,62+,63+,64+,65+,66+,67+,69+,70+,71+,72+,73+,78-/m1/s1. The maximum atomic E-state index is 16.1. The lowest BCUT2D eigenvalue weighted by Gasteiger charge is -2.38. The number of halogens is 1. The van der Waals surface area contributed by atoms with E-state index in [1.165, 1.54) is 43.6 Å². The predicted octanol–water partition coefficient (Wildman–Crippen LogP) is -0.685. The molecule has 6 heterocycles. The van der Waals surface area contributed by atoms with E-state index in [4.69, 9.17) is 28.8 Å². The van der Waals surface area contributed by atoms with Crippen LogP contribution in [0.5, 0.6) is 0 Å². The molecule has 3 aromatic carbocycles. The Labute approximate surface area is 814 Å². The number of primary amides is 1. The van der Waals surface area contributed by atoms with Crippen LogP contribution in [0.4, 0.5) is 0 Å². The minimum Gasteiger partial charge on any atom is -0.481 e. The number of fused-ring (bicyclic) bond motifs is 5. The summed E-state index contributed by atoms with van der Waals surface area (Å²) in [6.45, 7) is 7.74. The van der Waals surface area contributed by atoms with Crippen molar-refractivity contribution in [2.24, 2.45) is 23.1 Å². The molecule has 760 valence electrons. The van der Waals surface area contributed by atoms with E-state index in [9.17, 15) is 71.7 Å². The van der Waals surface area contributed by atoms with Crippen LogP contribution in [0, 0.1) is 5.92 Å². The molecule has 2 aromatic heterocycles. The summed E-state index contributed by atoms with van der Waals surface area (Å²) >= 11 is 7.15. The molecule has 46 heteroatoms. The van der Waals surface area contributed by atoms with Crippen molar-refractivity contribution in [2.45, 2.75) is 272 Å². The number of likely N-dealkylation sites (N-methyl/N-ethyl adjacent to an activating group) is 2. The van der Waals surface area contributed by atoms with Gasteiger partial charge in [0, 0.05) is 116 Å². The minimum atomic E-state index is -4.08. The van der Waals surface area contributed by atoms with Crippen molar-refractivity contribution >= 4 is 162 Å². The second-order valence-corrected chi connectivity index (χ2v) is 40.6.